The molecular weight excluding hydrogens is 552 g/mol. The van der Waals surface area contributed by atoms with Gasteiger partial charge < -0.3 is 19.7 Å². The standard InChI is InChI=1S/C34H39F2N3O4/c1-23-6-9-25(10-7-23)34(27-20-24(2)8-13-30(27)42-4)14-18-38(19-15-34)17-5-16-37-31(40)39-32(41)43-22-33(39,3)26-11-12-28(35)29(36)21-26/h6-13,20-21H,5,14-19,22H2,1-4H3,(H,37,40). The second kappa shape index (κ2) is 12.3. The van der Waals surface area contributed by atoms with Crippen molar-refractivity contribution in [3.05, 3.63) is 100 Å². The highest BCUT2D eigenvalue weighted by Gasteiger charge is 2.49. The van der Waals surface area contributed by atoms with Crippen LogP contribution in [0.3, 0.4) is 0 Å². The largest absolute Gasteiger partial charge is 0.496 e. The SMILES string of the molecule is COc1ccc(C)cc1C1(c2ccc(C)cc2)CCN(CCCNC(=O)N2C(=O)OCC2(C)c2ccc(F)c(F)c2)CC1. The lowest BCUT2D eigenvalue weighted by molar-refractivity contribution is 0.153. The van der Waals surface area contributed by atoms with Crippen LogP contribution in [-0.4, -0.2) is 61.8 Å². The van der Waals surface area contributed by atoms with Crippen LogP contribution in [0.15, 0.2) is 60.7 Å². The van der Waals surface area contributed by atoms with Crippen molar-refractivity contribution in [3.8, 4) is 5.75 Å². The molecule has 2 aliphatic rings. The van der Waals surface area contributed by atoms with E-state index in [0.29, 0.717) is 13.0 Å². The van der Waals surface area contributed by atoms with E-state index in [0.717, 1.165) is 55.3 Å². The molecule has 5 rings (SSSR count). The number of hydrogen-bond acceptors (Lipinski definition) is 5. The van der Waals surface area contributed by atoms with E-state index in [2.05, 4.69) is 66.5 Å². The van der Waals surface area contributed by atoms with Crippen LogP contribution in [0.4, 0.5) is 18.4 Å². The first-order chi connectivity index (χ1) is 20.6. The van der Waals surface area contributed by atoms with Gasteiger partial charge in [-0.05, 0) is 89.0 Å². The van der Waals surface area contributed by atoms with E-state index in [1.165, 1.54) is 28.3 Å². The van der Waals surface area contributed by atoms with Gasteiger partial charge in [0, 0.05) is 17.5 Å². The molecule has 3 aromatic carbocycles. The van der Waals surface area contributed by atoms with E-state index < -0.39 is 29.3 Å². The summed E-state index contributed by atoms with van der Waals surface area (Å²) in [7, 11) is 1.72. The normalized spacial score (nSPS) is 20.1. The smallest absolute Gasteiger partial charge is 0.419 e. The number of carbonyl (C=O) groups is 2. The highest BCUT2D eigenvalue weighted by molar-refractivity contribution is 5.93. The average molecular weight is 592 g/mol. The maximum Gasteiger partial charge on any atom is 0.419 e. The molecule has 0 aromatic heterocycles. The topological polar surface area (TPSA) is 71.1 Å². The molecule has 3 aromatic rings. The van der Waals surface area contributed by atoms with E-state index in [1.54, 1.807) is 14.0 Å². The van der Waals surface area contributed by atoms with E-state index in [9.17, 15) is 18.4 Å². The van der Waals surface area contributed by atoms with Crippen molar-refractivity contribution < 1.29 is 27.8 Å². The lowest BCUT2D eigenvalue weighted by Gasteiger charge is -2.43. The van der Waals surface area contributed by atoms with Gasteiger partial charge in [0.15, 0.2) is 11.6 Å². The van der Waals surface area contributed by atoms with Crippen molar-refractivity contribution >= 4 is 12.1 Å². The zero-order valence-electron chi connectivity index (χ0n) is 25.2. The predicted octanol–water partition coefficient (Wildman–Crippen LogP) is 6.44. The molecule has 2 heterocycles. The number of cyclic esters (lactones) is 1. The van der Waals surface area contributed by atoms with Crippen LogP contribution in [0.5, 0.6) is 5.75 Å². The fourth-order valence-corrected chi connectivity index (χ4v) is 6.40. The summed E-state index contributed by atoms with van der Waals surface area (Å²) in [6.07, 6.45) is 1.71. The molecule has 0 aliphatic carbocycles. The molecule has 1 unspecified atom stereocenters. The number of nitrogens with one attached hydrogen (secondary N) is 1. The Kier molecular flexibility index (Phi) is 8.74. The molecule has 0 bridgehead atoms. The minimum Gasteiger partial charge on any atom is -0.496 e. The molecule has 228 valence electrons. The van der Waals surface area contributed by atoms with Crippen LogP contribution in [0, 0.1) is 25.5 Å². The fraction of sp³-hybridized carbons (Fsp3) is 0.412. The Morgan fingerprint density at radius 1 is 0.953 bits per heavy atom. The summed E-state index contributed by atoms with van der Waals surface area (Å²) >= 11 is 0. The Bertz CT molecular complexity index is 1490. The third-order valence-corrected chi connectivity index (χ3v) is 9.01. The number of halogens is 2. The summed E-state index contributed by atoms with van der Waals surface area (Å²) in [4.78, 5) is 28.9. The van der Waals surface area contributed by atoms with Gasteiger partial charge >= 0.3 is 12.1 Å². The van der Waals surface area contributed by atoms with E-state index in [4.69, 9.17) is 9.47 Å². The molecule has 0 saturated carbocycles. The maximum absolute atomic E-state index is 13.9. The van der Waals surface area contributed by atoms with Crippen molar-refractivity contribution in [3.63, 3.8) is 0 Å². The number of nitrogens with zero attached hydrogens (tertiary/aromatic N) is 2. The third kappa shape index (κ3) is 5.95. The number of urea groups is 1. The lowest BCUT2D eigenvalue weighted by Crippen LogP contribution is -2.51. The van der Waals surface area contributed by atoms with Crippen molar-refractivity contribution in [2.75, 3.05) is 39.9 Å². The van der Waals surface area contributed by atoms with Gasteiger partial charge in [0.25, 0.3) is 0 Å². The van der Waals surface area contributed by atoms with Gasteiger partial charge in [0.05, 0.1) is 7.11 Å². The Morgan fingerprint density at radius 2 is 1.63 bits per heavy atom. The molecule has 2 saturated heterocycles. The van der Waals surface area contributed by atoms with Crippen molar-refractivity contribution in [1.29, 1.82) is 0 Å². The van der Waals surface area contributed by atoms with Gasteiger partial charge in [0.1, 0.15) is 17.9 Å². The molecule has 1 N–H and O–H groups in total. The predicted molar refractivity (Wildman–Crippen MR) is 160 cm³/mol. The summed E-state index contributed by atoms with van der Waals surface area (Å²) in [5.74, 6) is -1.15. The quantitative estimate of drug-likeness (QED) is 0.306. The number of methoxy groups -OCH3 is 1. The highest BCUT2D eigenvalue weighted by atomic mass is 19.2. The molecule has 0 spiro atoms. The van der Waals surface area contributed by atoms with Gasteiger partial charge in [-0.1, -0.05) is 53.6 Å². The number of hydrogen-bond donors (Lipinski definition) is 1. The number of rotatable bonds is 8. The first-order valence-electron chi connectivity index (χ1n) is 14.7. The monoisotopic (exact) mass is 591 g/mol. The van der Waals surface area contributed by atoms with Crippen LogP contribution in [0.1, 0.15) is 54.0 Å². The van der Waals surface area contributed by atoms with E-state index in [-0.39, 0.29) is 17.6 Å². The number of ether oxygens (including phenoxy) is 2. The van der Waals surface area contributed by atoms with Gasteiger partial charge in [-0.15, -0.1) is 0 Å². The molecule has 1 atom stereocenters. The second-order valence-electron chi connectivity index (χ2n) is 11.9. The summed E-state index contributed by atoms with van der Waals surface area (Å²) in [5.41, 5.74) is 3.78. The number of imide groups is 1. The molecule has 43 heavy (non-hydrogen) atoms. The van der Waals surface area contributed by atoms with Gasteiger partial charge in [-0.3, -0.25) is 0 Å². The molecule has 2 aliphatic heterocycles. The summed E-state index contributed by atoms with van der Waals surface area (Å²) in [5, 5.41) is 2.82. The number of aryl methyl sites for hydroxylation is 2. The van der Waals surface area contributed by atoms with Crippen molar-refractivity contribution in [2.45, 2.75) is 51.0 Å². The van der Waals surface area contributed by atoms with Crippen LogP contribution < -0.4 is 10.1 Å². The zero-order chi connectivity index (χ0) is 30.8. The van der Waals surface area contributed by atoms with E-state index >= 15 is 0 Å². The number of benzene rings is 3. The van der Waals surface area contributed by atoms with Gasteiger partial charge in [-0.2, -0.15) is 0 Å². The summed E-state index contributed by atoms with van der Waals surface area (Å²) in [6.45, 7) is 8.55. The Morgan fingerprint density at radius 3 is 2.30 bits per heavy atom. The number of piperidine rings is 1. The number of amides is 3. The zero-order valence-corrected chi connectivity index (χ0v) is 25.2. The second-order valence-corrected chi connectivity index (χ2v) is 11.9. The average Bonchev–Trinajstić information content (AvgIpc) is 3.32. The van der Waals surface area contributed by atoms with Gasteiger partial charge in [-0.25, -0.2) is 23.3 Å². The first-order valence-corrected chi connectivity index (χ1v) is 14.7. The fourth-order valence-electron chi connectivity index (χ4n) is 6.40. The molecule has 9 heteroatoms. The first kappa shape index (κ1) is 30.5. The third-order valence-electron chi connectivity index (χ3n) is 9.01. The van der Waals surface area contributed by atoms with Crippen LogP contribution in [0.2, 0.25) is 0 Å². The summed E-state index contributed by atoms with van der Waals surface area (Å²) < 4.78 is 38.4. The minimum absolute atomic E-state index is 0.146. The number of likely N-dealkylation sites (tertiary alicyclic amines) is 1. The molecule has 2 fully saturated rings. The van der Waals surface area contributed by atoms with Crippen molar-refractivity contribution in [1.82, 2.24) is 15.1 Å². The lowest BCUT2D eigenvalue weighted by atomic mass is 9.67. The van der Waals surface area contributed by atoms with Gasteiger partial charge in [0.2, 0.25) is 0 Å². The highest BCUT2D eigenvalue weighted by Crippen LogP contribution is 2.46. The number of carbonyl (C=O) groups excluding carboxylic acids is 2. The molecule has 3 amide bonds. The summed E-state index contributed by atoms with van der Waals surface area (Å²) in [6, 6.07) is 17.9. The Labute approximate surface area is 251 Å². The minimum atomic E-state index is -1.25. The Balaban J connectivity index is 1.21. The van der Waals surface area contributed by atoms with Crippen LogP contribution in [0.25, 0.3) is 0 Å². The van der Waals surface area contributed by atoms with Crippen molar-refractivity contribution in [2.24, 2.45) is 0 Å². The van der Waals surface area contributed by atoms with Crippen LogP contribution >= 0.6 is 0 Å². The molecule has 0 radical (unpaired) electrons. The molecule has 7 nitrogen and oxygen atoms in total. The maximum atomic E-state index is 13.9. The van der Waals surface area contributed by atoms with Crippen LogP contribution in [-0.2, 0) is 15.7 Å². The van der Waals surface area contributed by atoms with E-state index in [1.807, 2.05) is 0 Å². The Hall–Kier alpha value is -3.98. The molecular formula is C34H39F2N3O4.